The first-order valence-electron chi connectivity index (χ1n) is 7.30. The molecule has 3 rings (SSSR count). The van der Waals surface area contributed by atoms with Crippen LogP contribution in [0.25, 0.3) is 0 Å². The van der Waals surface area contributed by atoms with Crippen LogP contribution in [0.1, 0.15) is 27.9 Å². The first-order chi connectivity index (χ1) is 11.3. The number of carbonyl (C=O) groups excluding carboxylic acids is 1. The standard InChI is InChI=1S/C16H16N2O5S/c1-9-10(16(20)11-7-17-8-13(11)19)3-4-14(24(2,21)22)15(9)12-5-6-23-18-12/h3-4,7,19H,5-6,8H2,1-2H3. The van der Waals surface area contributed by atoms with E-state index in [4.69, 9.17) is 4.84 Å². The van der Waals surface area contributed by atoms with Gasteiger partial charge in [0.15, 0.2) is 15.6 Å². The van der Waals surface area contributed by atoms with Crippen LogP contribution in [0.15, 0.2) is 38.5 Å². The number of hydrogen-bond acceptors (Lipinski definition) is 7. The molecule has 7 nitrogen and oxygen atoms in total. The quantitative estimate of drug-likeness (QED) is 0.832. The van der Waals surface area contributed by atoms with Gasteiger partial charge in [-0.25, -0.2) is 8.42 Å². The third-order valence-corrected chi connectivity index (χ3v) is 5.12. The lowest BCUT2D eigenvalue weighted by Gasteiger charge is -2.14. The van der Waals surface area contributed by atoms with Gasteiger partial charge < -0.3 is 9.94 Å². The SMILES string of the molecule is Cc1c(C(=O)C2=C(O)CN=C2)ccc(S(C)(=O)=O)c1C1=NOCC1. The highest BCUT2D eigenvalue weighted by molar-refractivity contribution is 7.90. The number of carbonyl (C=O) groups is 1. The van der Waals surface area contributed by atoms with E-state index in [1.165, 1.54) is 18.3 Å². The number of oxime groups is 1. The Morgan fingerprint density at radius 2 is 2.08 bits per heavy atom. The number of sulfone groups is 1. The number of Topliss-reactive ketones (excluding diaryl/α,β-unsaturated/α-hetero) is 1. The molecule has 2 aliphatic heterocycles. The summed E-state index contributed by atoms with van der Waals surface area (Å²) in [5, 5.41) is 13.7. The van der Waals surface area contributed by atoms with Crippen molar-refractivity contribution in [2.24, 2.45) is 10.1 Å². The van der Waals surface area contributed by atoms with Gasteiger partial charge in [0.2, 0.25) is 0 Å². The Morgan fingerprint density at radius 1 is 1.33 bits per heavy atom. The van der Waals surface area contributed by atoms with E-state index in [0.29, 0.717) is 35.4 Å². The van der Waals surface area contributed by atoms with Crippen LogP contribution in [0.5, 0.6) is 0 Å². The van der Waals surface area contributed by atoms with E-state index in [0.717, 1.165) is 6.26 Å². The number of benzene rings is 1. The number of ketones is 1. The molecule has 2 aliphatic rings. The monoisotopic (exact) mass is 348 g/mol. The lowest BCUT2D eigenvalue weighted by atomic mass is 9.93. The maximum atomic E-state index is 12.7. The molecule has 8 heteroatoms. The average Bonchev–Trinajstić information content (AvgIpc) is 3.16. The molecule has 2 heterocycles. The minimum absolute atomic E-state index is 0.0783. The summed E-state index contributed by atoms with van der Waals surface area (Å²) in [5.41, 5.74) is 1.83. The van der Waals surface area contributed by atoms with Crippen molar-refractivity contribution in [2.75, 3.05) is 19.4 Å². The van der Waals surface area contributed by atoms with E-state index in [9.17, 15) is 18.3 Å². The largest absolute Gasteiger partial charge is 0.510 e. The molecule has 0 saturated heterocycles. The van der Waals surface area contributed by atoms with Gasteiger partial charge in [0.1, 0.15) is 12.4 Å². The first-order valence-corrected chi connectivity index (χ1v) is 9.19. The van der Waals surface area contributed by atoms with Gasteiger partial charge in [0, 0.05) is 30.0 Å². The van der Waals surface area contributed by atoms with Crippen molar-refractivity contribution in [2.45, 2.75) is 18.2 Å². The number of aliphatic hydroxyl groups excluding tert-OH is 1. The minimum atomic E-state index is -3.50. The second-order valence-electron chi connectivity index (χ2n) is 5.66. The minimum Gasteiger partial charge on any atom is -0.510 e. The van der Waals surface area contributed by atoms with E-state index >= 15 is 0 Å². The highest BCUT2D eigenvalue weighted by Crippen LogP contribution is 2.28. The number of allylic oxidation sites excluding steroid dienone is 1. The smallest absolute Gasteiger partial charge is 0.198 e. The fourth-order valence-corrected chi connectivity index (χ4v) is 3.76. The van der Waals surface area contributed by atoms with Crippen LogP contribution in [0.2, 0.25) is 0 Å². The number of hydrogen-bond donors (Lipinski definition) is 1. The summed E-state index contributed by atoms with van der Waals surface area (Å²) in [6.45, 7) is 2.12. The van der Waals surface area contributed by atoms with Crippen LogP contribution >= 0.6 is 0 Å². The molecule has 0 spiro atoms. The van der Waals surface area contributed by atoms with Crippen LogP contribution < -0.4 is 0 Å². The second kappa shape index (κ2) is 5.86. The fraction of sp³-hybridized carbons (Fsp3) is 0.312. The first kappa shape index (κ1) is 16.4. The van der Waals surface area contributed by atoms with Gasteiger partial charge in [0.25, 0.3) is 0 Å². The summed E-state index contributed by atoms with van der Waals surface area (Å²) < 4.78 is 24.2. The van der Waals surface area contributed by atoms with Crippen molar-refractivity contribution in [3.05, 3.63) is 40.2 Å². The molecule has 0 amide bonds. The zero-order valence-electron chi connectivity index (χ0n) is 13.2. The van der Waals surface area contributed by atoms with E-state index < -0.39 is 15.6 Å². The summed E-state index contributed by atoms with van der Waals surface area (Å²) in [6, 6.07) is 2.86. The van der Waals surface area contributed by atoms with Crippen molar-refractivity contribution < 1.29 is 23.2 Å². The zero-order valence-corrected chi connectivity index (χ0v) is 14.1. The molecule has 0 fully saturated rings. The van der Waals surface area contributed by atoms with Crippen molar-refractivity contribution in [3.8, 4) is 0 Å². The maximum Gasteiger partial charge on any atom is 0.198 e. The highest BCUT2D eigenvalue weighted by Gasteiger charge is 2.27. The molecular weight excluding hydrogens is 332 g/mol. The van der Waals surface area contributed by atoms with Gasteiger partial charge in [-0.15, -0.1) is 0 Å². The number of nitrogens with zero attached hydrogens (tertiary/aromatic N) is 2. The lowest BCUT2D eigenvalue weighted by Crippen LogP contribution is -2.15. The van der Waals surface area contributed by atoms with Crippen molar-refractivity contribution in [3.63, 3.8) is 0 Å². The second-order valence-corrected chi connectivity index (χ2v) is 7.65. The van der Waals surface area contributed by atoms with Gasteiger partial charge >= 0.3 is 0 Å². The third-order valence-electron chi connectivity index (χ3n) is 3.98. The molecule has 0 radical (unpaired) electrons. The summed E-state index contributed by atoms with van der Waals surface area (Å²) >= 11 is 0. The zero-order chi connectivity index (χ0) is 17.5. The third kappa shape index (κ3) is 2.73. The van der Waals surface area contributed by atoms with Crippen LogP contribution in [-0.2, 0) is 14.7 Å². The van der Waals surface area contributed by atoms with E-state index in [-0.39, 0.29) is 22.8 Å². The predicted molar refractivity (Wildman–Crippen MR) is 88.7 cm³/mol. The van der Waals surface area contributed by atoms with Crippen LogP contribution in [-0.4, -0.2) is 50.6 Å². The molecule has 126 valence electrons. The number of aliphatic imine (C=N–C) groups is 1. The molecule has 1 N–H and O–H groups in total. The van der Waals surface area contributed by atoms with Crippen LogP contribution in [0, 0.1) is 6.92 Å². The Kier molecular flexibility index (Phi) is 4.00. The van der Waals surface area contributed by atoms with Crippen molar-refractivity contribution in [1.82, 2.24) is 0 Å². The highest BCUT2D eigenvalue weighted by atomic mass is 32.2. The van der Waals surface area contributed by atoms with E-state index in [1.54, 1.807) is 6.92 Å². The summed E-state index contributed by atoms with van der Waals surface area (Å²) in [4.78, 5) is 21.6. The fourth-order valence-electron chi connectivity index (χ4n) is 2.80. The summed E-state index contributed by atoms with van der Waals surface area (Å²) in [7, 11) is -3.50. The molecule has 1 aromatic carbocycles. The summed E-state index contributed by atoms with van der Waals surface area (Å²) in [6.07, 6.45) is 2.91. The van der Waals surface area contributed by atoms with Crippen molar-refractivity contribution in [1.29, 1.82) is 0 Å². The Morgan fingerprint density at radius 3 is 2.62 bits per heavy atom. The maximum absolute atomic E-state index is 12.7. The molecular formula is C16H16N2O5S. The normalized spacial score (nSPS) is 17.2. The lowest BCUT2D eigenvalue weighted by molar-refractivity contribution is 0.103. The summed E-state index contributed by atoms with van der Waals surface area (Å²) in [5.74, 6) is -0.484. The van der Waals surface area contributed by atoms with Gasteiger partial charge in [-0.3, -0.25) is 9.79 Å². The number of aliphatic hydroxyl groups is 1. The molecule has 0 aliphatic carbocycles. The average molecular weight is 348 g/mol. The number of rotatable bonds is 4. The van der Waals surface area contributed by atoms with E-state index in [1.807, 2.05) is 0 Å². The van der Waals surface area contributed by atoms with Gasteiger partial charge in [-0.2, -0.15) is 0 Å². The predicted octanol–water partition coefficient (Wildman–Crippen LogP) is 1.60. The molecule has 24 heavy (non-hydrogen) atoms. The van der Waals surface area contributed by atoms with Gasteiger partial charge in [-0.05, 0) is 24.6 Å². The molecule has 0 aromatic heterocycles. The molecule has 1 aromatic rings. The van der Waals surface area contributed by atoms with Crippen molar-refractivity contribution >= 4 is 27.5 Å². The Bertz CT molecular complexity index is 926. The van der Waals surface area contributed by atoms with Gasteiger partial charge in [-0.1, -0.05) is 5.16 Å². The van der Waals surface area contributed by atoms with Crippen LogP contribution in [0.3, 0.4) is 0 Å². The topological polar surface area (TPSA) is 105 Å². The Balaban J connectivity index is 2.21. The van der Waals surface area contributed by atoms with Crippen LogP contribution in [0.4, 0.5) is 0 Å². The Labute approximate surface area is 139 Å². The van der Waals surface area contributed by atoms with Gasteiger partial charge in [0.05, 0.1) is 22.7 Å². The molecule has 0 unspecified atom stereocenters. The van der Waals surface area contributed by atoms with E-state index in [2.05, 4.69) is 10.1 Å². The molecule has 0 atom stereocenters. The Hall–Kier alpha value is -2.48. The molecule has 0 bridgehead atoms. The molecule has 0 saturated carbocycles.